The van der Waals surface area contributed by atoms with E-state index in [1.54, 1.807) is 9.47 Å². The fourth-order valence-electron chi connectivity index (χ4n) is 4.89. The maximum Gasteiger partial charge on any atom is 0.410 e. The molecule has 0 unspecified atom stereocenters. The average molecular weight is 556 g/mol. The maximum absolute atomic E-state index is 13.4. The SMILES string of the molecule is CC(C)(C)OC(=O)N1CCN2c3nc(=O)n(C4CCOCC4)c4cc(Br)c(Cl)c(c34)OC[C@@H]2C1. The van der Waals surface area contributed by atoms with Crippen LogP contribution in [0.25, 0.3) is 10.9 Å². The van der Waals surface area contributed by atoms with Crippen LogP contribution in [0.1, 0.15) is 39.7 Å². The van der Waals surface area contributed by atoms with Gasteiger partial charge in [-0.2, -0.15) is 4.98 Å². The minimum atomic E-state index is -0.577. The van der Waals surface area contributed by atoms with E-state index in [2.05, 4.69) is 25.8 Å². The van der Waals surface area contributed by atoms with Crippen molar-refractivity contribution in [2.24, 2.45) is 0 Å². The summed E-state index contributed by atoms with van der Waals surface area (Å²) in [5.74, 6) is 1.06. The molecule has 184 valence electrons. The van der Waals surface area contributed by atoms with E-state index < -0.39 is 5.60 Å². The number of carbonyl (C=O) groups is 1. The van der Waals surface area contributed by atoms with Gasteiger partial charge in [0.05, 0.1) is 22.0 Å². The Morgan fingerprint density at radius 3 is 2.68 bits per heavy atom. The van der Waals surface area contributed by atoms with Crippen LogP contribution in [0.3, 0.4) is 0 Å². The number of fused-ring (bicyclic) bond motifs is 2. The van der Waals surface area contributed by atoms with Crippen LogP contribution in [0.2, 0.25) is 5.02 Å². The number of hydrogen-bond donors (Lipinski definition) is 0. The van der Waals surface area contributed by atoms with Gasteiger partial charge in [-0.1, -0.05) is 11.6 Å². The molecule has 11 heteroatoms. The van der Waals surface area contributed by atoms with E-state index in [0.717, 1.165) is 23.7 Å². The van der Waals surface area contributed by atoms with Crippen molar-refractivity contribution in [1.82, 2.24) is 14.5 Å². The van der Waals surface area contributed by atoms with E-state index in [4.69, 9.17) is 25.8 Å². The summed E-state index contributed by atoms with van der Waals surface area (Å²) in [5, 5.41) is 1.17. The second-order valence-electron chi connectivity index (χ2n) is 9.91. The average Bonchev–Trinajstić information content (AvgIpc) is 2.94. The van der Waals surface area contributed by atoms with Crippen molar-refractivity contribution in [3.8, 4) is 5.75 Å². The highest BCUT2D eigenvalue weighted by molar-refractivity contribution is 9.10. The summed E-state index contributed by atoms with van der Waals surface area (Å²) in [6.45, 7) is 8.41. The normalized spacial score (nSPS) is 21.1. The molecule has 1 atom stereocenters. The van der Waals surface area contributed by atoms with Crippen molar-refractivity contribution < 1.29 is 19.0 Å². The van der Waals surface area contributed by atoms with Crippen LogP contribution in [-0.4, -0.2) is 71.6 Å². The van der Waals surface area contributed by atoms with Gasteiger partial charge in [0.15, 0.2) is 5.75 Å². The lowest BCUT2D eigenvalue weighted by Gasteiger charge is -2.41. The predicted octanol–water partition coefficient (Wildman–Crippen LogP) is 3.98. The Labute approximate surface area is 211 Å². The molecule has 0 spiro atoms. The minimum Gasteiger partial charge on any atom is -0.489 e. The molecule has 3 aliphatic rings. The minimum absolute atomic E-state index is 0.00760. The molecule has 0 aliphatic carbocycles. The summed E-state index contributed by atoms with van der Waals surface area (Å²) < 4.78 is 19.7. The summed E-state index contributed by atoms with van der Waals surface area (Å²) in [4.78, 5) is 34.4. The molecule has 3 aliphatic heterocycles. The predicted molar refractivity (Wildman–Crippen MR) is 132 cm³/mol. The van der Waals surface area contributed by atoms with Gasteiger partial charge in [0, 0.05) is 43.4 Å². The highest BCUT2D eigenvalue weighted by Gasteiger charge is 2.38. The van der Waals surface area contributed by atoms with Crippen molar-refractivity contribution >= 4 is 50.3 Å². The van der Waals surface area contributed by atoms with Crippen LogP contribution in [0.4, 0.5) is 10.6 Å². The molecule has 1 amide bonds. The summed E-state index contributed by atoms with van der Waals surface area (Å²) >= 11 is 10.2. The number of rotatable bonds is 1. The van der Waals surface area contributed by atoms with Crippen molar-refractivity contribution in [3.63, 3.8) is 0 Å². The van der Waals surface area contributed by atoms with Crippen LogP contribution in [0, 0.1) is 0 Å². The number of ether oxygens (including phenoxy) is 3. The number of carbonyl (C=O) groups excluding carboxylic acids is 1. The molecule has 1 aromatic heterocycles. The number of amides is 1. The molecule has 2 aromatic rings. The third kappa shape index (κ3) is 4.24. The van der Waals surface area contributed by atoms with Gasteiger partial charge in [-0.15, -0.1) is 0 Å². The van der Waals surface area contributed by atoms with Gasteiger partial charge in [-0.25, -0.2) is 9.59 Å². The van der Waals surface area contributed by atoms with Crippen molar-refractivity contribution in [2.75, 3.05) is 44.4 Å². The Hall–Kier alpha value is -2.04. The lowest BCUT2D eigenvalue weighted by atomic mass is 10.1. The highest BCUT2D eigenvalue weighted by Crippen LogP contribution is 2.45. The molecule has 0 N–H and O–H groups in total. The van der Waals surface area contributed by atoms with E-state index in [9.17, 15) is 9.59 Å². The monoisotopic (exact) mass is 554 g/mol. The quantitative estimate of drug-likeness (QED) is 0.526. The van der Waals surface area contributed by atoms with Crippen molar-refractivity contribution in [1.29, 1.82) is 0 Å². The largest absolute Gasteiger partial charge is 0.489 e. The number of aromatic nitrogens is 2. The van der Waals surface area contributed by atoms with Crippen LogP contribution < -0.4 is 15.3 Å². The lowest BCUT2D eigenvalue weighted by molar-refractivity contribution is 0.0202. The standard InChI is InChI=1S/C23H28BrClN4O5/c1-23(2,3)34-22(31)27-6-7-28-14(11-27)12-33-19-17-16(10-15(24)18(19)25)29(21(30)26-20(17)28)13-4-8-32-9-5-13/h10,13-14H,4-9,11-12H2,1-3H3/t14-/m0/s1. The second-order valence-corrected chi connectivity index (χ2v) is 11.1. The van der Waals surface area contributed by atoms with Crippen LogP contribution >= 0.6 is 27.5 Å². The van der Waals surface area contributed by atoms with Crippen LogP contribution in [0.5, 0.6) is 5.75 Å². The van der Waals surface area contributed by atoms with Gasteiger partial charge in [0.2, 0.25) is 0 Å². The van der Waals surface area contributed by atoms with Crippen molar-refractivity contribution in [2.45, 2.75) is 51.3 Å². The highest BCUT2D eigenvalue weighted by atomic mass is 79.9. The first kappa shape index (κ1) is 23.7. The number of benzene rings is 1. The number of anilines is 1. The molecule has 1 aromatic carbocycles. The van der Waals surface area contributed by atoms with Gasteiger partial charge < -0.3 is 24.0 Å². The molecule has 2 saturated heterocycles. The zero-order valence-corrected chi connectivity index (χ0v) is 21.8. The van der Waals surface area contributed by atoms with Crippen LogP contribution in [-0.2, 0) is 9.47 Å². The summed E-state index contributed by atoms with van der Waals surface area (Å²) in [6, 6.07) is 1.67. The number of halogens is 2. The van der Waals surface area contributed by atoms with Gasteiger partial charge >= 0.3 is 11.8 Å². The summed E-state index contributed by atoms with van der Waals surface area (Å²) in [7, 11) is 0. The molecule has 0 saturated carbocycles. The Kier molecular flexibility index (Phi) is 6.18. The Bertz CT molecular complexity index is 1190. The Balaban J connectivity index is 1.58. The molecule has 2 fully saturated rings. The Morgan fingerprint density at radius 1 is 1.24 bits per heavy atom. The third-order valence-electron chi connectivity index (χ3n) is 6.43. The molecule has 34 heavy (non-hydrogen) atoms. The van der Waals surface area contributed by atoms with Gasteiger partial charge in [-0.05, 0) is 55.6 Å². The van der Waals surface area contributed by atoms with Gasteiger partial charge in [-0.3, -0.25) is 4.57 Å². The summed E-state index contributed by atoms with van der Waals surface area (Å²) in [6.07, 6.45) is 1.12. The lowest BCUT2D eigenvalue weighted by Crippen LogP contribution is -2.57. The molecule has 5 rings (SSSR count). The first-order chi connectivity index (χ1) is 16.1. The van der Waals surface area contributed by atoms with E-state index in [-0.39, 0.29) is 23.9 Å². The van der Waals surface area contributed by atoms with Gasteiger partial charge in [0.1, 0.15) is 18.0 Å². The zero-order chi connectivity index (χ0) is 24.2. The maximum atomic E-state index is 13.4. The number of piperazine rings is 1. The van der Waals surface area contributed by atoms with E-state index >= 15 is 0 Å². The van der Waals surface area contributed by atoms with Crippen LogP contribution in [0.15, 0.2) is 15.3 Å². The smallest absolute Gasteiger partial charge is 0.410 e. The first-order valence-corrected chi connectivity index (χ1v) is 12.7. The second kappa shape index (κ2) is 8.87. The van der Waals surface area contributed by atoms with Crippen molar-refractivity contribution in [3.05, 3.63) is 26.0 Å². The number of nitrogens with zero attached hydrogens (tertiary/aromatic N) is 4. The molecule has 0 radical (unpaired) electrons. The molecular formula is C23H28BrClN4O5. The fourth-order valence-corrected chi connectivity index (χ4v) is 5.49. The van der Waals surface area contributed by atoms with E-state index in [1.165, 1.54) is 0 Å². The molecule has 9 nitrogen and oxygen atoms in total. The topological polar surface area (TPSA) is 86.1 Å². The van der Waals surface area contributed by atoms with E-state index in [0.29, 0.717) is 60.5 Å². The molecule has 0 bridgehead atoms. The van der Waals surface area contributed by atoms with E-state index in [1.807, 2.05) is 26.8 Å². The fraction of sp³-hybridized carbons (Fsp3) is 0.609. The first-order valence-electron chi connectivity index (χ1n) is 11.5. The zero-order valence-electron chi connectivity index (χ0n) is 19.5. The Morgan fingerprint density at radius 2 is 1.97 bits per heavy atom. The summed E-state index contributed by atoms with van der Waals surface area (Å²) in [5.41, 5.74) is -0.139. The van der Waals surface area contributed by atoms with Gasteiger partial charge in [0.25, 0.3) is 0 Å². The number of hydrogen-bond acceptors (Lipinski definition) is 7. The molecule has 4 heterocycles. The third-order valence-corrected chi connectivity index (χ3v) is 7.66. The molecular weight excluding hydrogens is 528 g/mol.